The molecule has 5 heteroatoms. The number of nitrogens with zero attached hydrogens (tertiary/aromatic N) is 2. The molecule has 4 nitrogen and oxygen atoms in total. The summed E-state index contributed by atoms with van der Waals surface area (Å²) in [6.07, 6.45) is 4.77. The highest BCUT2D eigenvalue weighted by Gasteiger charge is 2.31. The van der Waals surface area contributed by atoms with E-state index < -0.39 is 5.97 Å². The van der Waals surface area contributed by atoms with Crippen molar-refractivity contribution in [1.82, 2.24) is 4.90 Å². The summed E-state index contributed by atoms with van der Waals surface area (Å²) in [5.74, 6) is -1.44. The van der Waals surface area contributed by atoms with E-state index in [1.54, 1.807) is 6.07 Å². The molecule has 1 unspecified atom stereocenters. The van der Waals surface area contributed by atoms with Crippen LogP contribution in [0.4, 0.5) is 10.1 Å². The fraction of sp³-hybridized carbons (Fsp3) is 0.438. The van der Waals surface area contributed by atoms with E-state index in [1.165, 1.54) is 25.0 Å². The first-order valence-electron chi connectivity index (χ1n) is 7.33. The minimum atomic E-state index is -1.06. The topological polar surface area (TPSA) is 43.8 Å². The lowest BCUT2D eigenvalue weighted by atomic mass is 10.1. The average Bonchev–Trinajstić information content (AvgIpc) is 2.92. The van der Waals surface area contributed by atoms with Gasteiger partial charge in [-0.3, -0.25) is 4.90 Å². The van der Waals surface area contributed by atoms with Crippen molar-refractivity contribution in [1.29, 1.82) is 0 Å². The van der Waals surface area contributed by atoms with Crippen LogP contribution < -0.4 is 4.90 Å². The number of halogens is 1. The summed E-state index contributed by atoms with van der Waals surface area (Å²) in [7, 11) is 0. The number of benzene rings is 1. The molecule has 2 aliphatic rings. The van der Waals surface area contributed by atoms with Gasteiger partial charge >= 0.3 is 5.97 Å². The van der Waals surface area contributed by atoms with Gasteiger partial charge in [-0.2, -0.15) is 0 Å². The summed E-state index contributed by atoms with van der Waals surface area (Å²) >= 11 is 0. The number of aliphatic carboxylic acids is 1. The molecule has 0 aromatic heterocycles. The summed E-state index contributed by atoms with van der Waals surface area (Å²) in [6, 6.07) is 5.47. The molecule has 112 valence electrons. The van der Waals surface area contributed by atoms with Crippen LogP contribution in [0.2, 0.25) is 0 Å². The molecule has 2 heterocycles. The monoisotopic (exact) mass is 290 g/mol. The van der Waals surface area contributed by atoms with Crippen molar-refractivity contribution in [2.75, 3.05) is 31.1 Å². The van der Waals surface area contributed by atoms with Crippen molar-refractivity contribution in [3.05, 3.63) is 35.7 Å². The molecule has 21 heavy (non-hydrogen) atoms. The van der Waals surface area contributed by atoms with Gasteiger partial charge in [0.1, 0.15) is 5.82 Å². The van der Waals surface area contributed by atoms with E-state index in [9.17, 15) is 9.18 Å². The highest BCUT2D eigenvalue weighted by molar-refractivity contribution is 5.87. The van der Waals surface area contributed by atoms with Crippen LogP contribution in [0.25, 0.3) is 6.08 Å². The van der Waals surface area contributed by atoms with E-state index in [0.717, 1.165) is 37.9 Å². The maximum atomic E-state index is 14.0. The third-order valence-corrected chi connectivity index (χ3v) is 4.35. The molecule has 0 amide bonds. The Kier molecular flexibility index (Phi) is 3.92. The minimum absolute atomic E-state index is 0.367. The van der Waals surface area contributed by atoms with Crippen molar-refractivity contribution in [3.8, 4) is 0 Å². The molecular weight excluding hydrogens is 271 g/mol. The largest absolute Gasteiger partial charge is 0.478 e. The molecule has 1 N–H and O–H groups in total. The Balaban J connectivity index is 1.87. The molecule has 3 rings (SSSR count). The number of rotatable bonds is 3. The van der Waals surface area contributed by atoms with Gasteiger partial charge in [0.15, 0.2) is 0 Å². The first-order chi connectivity index (χ1) is 10.1. The maximum absolute atomic E-state index is 14.0. The standard InChI is InChI=1S/C16H19FN2O2/c17-14-4-1-5-15(13(14)6-7-16(20)21)19-10-9-18-8-2-3-12(18)11-19/h1,4-7,12H,2-3,8-11H2,(H,20,21)/b7-6+. The van der Waals surface area contributed by atoms with Gasteiger partial charge in [-0.15, -0.1) is 0 Å². The second-order valence-electron chi connectivity index (χ2n) is 5.62. The quantitative estimate of drug-likeness (QED) is 0.867. The number of carbonyl (C=O) groups is 1. The van der Waals surface area contributed by atoms with Crippen molar-refractivity contribution in [2.45, 2.75) is 18.9 Å². The molecule has 2 saturated heterocycles. The van der Waals surface area contributed by atoms with E-state index in [2.05, 4.69) is 9.80 Å². The second-order valence-corrected chi connectivity index (χ2v) is 5.62. The molecule has 0 radical (unpaired) electrons. The van der Waals surface area contributed by atoms with Gasteiger partial charge in [0.25, 0.3) is 0 Å². The van der Waals surface area contributed by atoms with E-state index in [0.29, 0.717) is 11.6 Å². The summed E-state index contributed by atoms with van der Waals surface area (Å²) in [5.41, 5.74) is 1.16. The van der Waals surface area contributed by atoms with Crippen molar-refractivity contribution in [2.24, 2.45) is 0 Å². The summed E-state index contributed by atoms with van der Waals surface area (Å²) in [5, 5.41) is 8.76. The Bertz CT molecular complexity index is 573. The SMILES string of the molecule is O=C(O)/C=C/c1c(F)cccc1N1CCN2CCCC2C1. The van der Waals surface area contributed by atoms with Gasteiger partial charge in [0.2, 0.25) is 0 Å². The first-order valence-corrected chi connectivity index (χ1v) is 7.33. The molecule has 2 fully saturated rings. The first kappa shape index (κ1) is 14.1. The molecular formula is C16H19FN2O2. The van der Waals surface area contributed by atoms with Gasteiger partial charge in [0.05, 0.1) is 0 Å². The Morgan fingerprint density at radius 3 is 3.00 bits per heavy atom. The van der Waals surface area contributed by atoms with Gasteiger partial charge in [-0.1, -0.05) is 6.07 Å². The van der Waals surface area contributed by atoms with Crippen LogP contribution >= 0.6 is 0 Å². The van der Waals surface area contributed by atoms with Crippen LogP contribution in [0.5, 0.6) is 0 Å². The fourth-order valence-corrected chi connectivity index (χ4v) is 3.33. The molecule has 1 aromatic carbocycles. The van der Waals surface area contributed by atoms with Crippen LogP contribution in [0, 0.1) is 5.82 Å². The van der Waals surface area contributed by atoms with Crippen LogP contribution in [-0.4, -0.2) is 48.2 Å². The van der Waals surface area contributed by atoms with Gasteiger partial charge in [-0.25, -0.2) is 9.18 Å². The lowest BCUT2D eigenvalue weighted by Crippen LogP contribution is -2.50. The van der Waals surface area contributed by atoms with Crippen LogP contribution in [0.1, 0.15) is 18.4 Å². The van der Waals surface area contributed by atoms with Crippen LogP contribution in [0.15, 0.2) is 24.3 Å². The maximum Gasteiger partial charge on any atom is 0.328 e. The number of hydrogen-bond donors (Lipinski definition) is 1. The number of piperazine rings is 1. The number of carboxylic acids is 1. The predicted octanol–water partition coefficient (Wildman–Crippen LogP) is 2.21. The van der Waals surface area contributed by atoms with E-state index in [1.807, 2.05) is 6.07 Å². The lowest BCUT2D eigenvalue weighted by molar-refractivity contribution is -0.131. The smallest absolute Gasteiger partial charge is 0.328 e. The number of fused-ring (bicyclic) bond motifs is 1. The third-order valence-electron chi connectivity index (χ3n) is 4.35. The highest BCUT2D eigenvalue weighted by Crippen LogP contribution is 2.29. The van der Waals surface area contributed by atoms with Crippen molar-refractivity contribution < 1.29 is 14.3 Å². The Morgan fingerprint density at radius 2 is 2.19 bits per heavy atom. The third kappa shape index (κ3) is 2.93. The molecule has 0 aliphatic carbocycles. The Hall–Kier alpha value is -1.88. The van der Waals surface area contributed by atoms with Crippen molar-refractivity contribution in [3.63, 3.8) is 0 Å². The fourth-order valence-electron chi connectivity index (χ4n) is 3.33. The highest BCUT2D eigenvalue weighted by atomic mass is 19.1. The van der Waals surface area contributed by atoms with Gasteiger partial charge in [-0.05, 0) is 37.6 Å². The number of carboxylic acid groups (broad SMARTS) is 1. The van der Waals surface area contributed by atoms with Crippen LogP contribution in [-0.2, 0) is 4.79 Å². The average molecular weight is 290 g/mol. The summed E-state index contributed by atoms with van der Waals surface area (Å²) < 4.78 is 14.0. The zero-order chi connectivity index (χ0) is 14.8. The molecule has 0 spiro atoms. The zero-order valence-electron chi connectivity index (χ0n) is 11.8. The minimum Gasteiger partial charge on any atom is -0.478 e. The van der Waals surface area contributed by atoms with Crippen molar-refractivity contribution >= 4 is 17.7 Å². The lowest BCUT2D eigenvalue weighted by Gasteiger charge is -2.39. The molecule has 0 saturated carbocycles. The van der Waals surface area contributed by atoms with Gasteiger partial charge < -0.3 is 10.0 Å². The predicted molar refractivity (Wildman–Crippen MR) is 79.9 cm³/mol. The Morgan fingerprint density at radius 1 is 1.33 bits per heavy atom. The van der Waals surface area contributed by atoms with E-state index in [-0.39, 0.29) is 5.82 Å². The zero-order valence-corrected chi connectivity index (χ0v) is 11.8. The molecule has 1 atom stereocenters. The van der Waals surface area contributed by atoms with E-state index in [4.69, 9.17) is 5.11 Å². The summed E-state index contributed by atoms with van der Waals surface area (Å²) in [4.78, 5) is 15.4. The van der Waals surface area contributed by atoms with E-state index >= 15 is 0 Å². The summed E-state index contributed by atoms with van der Waals surface area (Å²) in [6.45, 7) is 3.89. The second kappa shape index (κ2) is 5.85. The molecule has 0 bridgehead atoms. The molecule has 1 aromatic rings. The number of hydrogen-bond acceptors (Lipinski definition) is 3. The van der Waals surface area contributed by atoms with Crippen LogP contribution in [0.3, 0.4) is 0 Å². The molecule has 2 aliphatic heterocycles. The Labute approximate surface area is 123 Å². The number of anilines is 1. The normalized spacial score (nSPS) is 22.7. The van der Waals surface area contributed by atoms with Gasteiger partial charge in [0, 0.05) is 43.0 Å².